The van der Waals surface area contributed by atoms with Gasteiger partial charge in [0.05, 0.1) is 21.0 Å². The molecular formula is C31H36N6O3S. The molecule has 1 atom stereocenters. The maximum absolute atomic E-state index is 14.1. The minimum atomic E-state index is -2.99. The van der Waals surface area contributed by atoms with E-state index in [2.05, 4.69) is 38.5 Å². The molecule has 0 radical (unpaired) electrons. The van der Waals surface area contributed by atoms with E-state index in [4.69, 9.17) is 0 Å². The van der Waals surface area contributed by atoms with Gasteiger partial charge in [0.1, 0.15) is 5.69 Å². The van der Waals surface area contributed by atoms with Crippen molar-refractivity contribution >= 4 is 27.2 Å². The Morgan fingerprint density at radius 1 is 0.976 bits per heavy atom. The summed E-state index contributed by atoms with van der Waals surface area (Å²) in [5, 5.41) is 7.12. The summed E-state index contributed by atoms with van der Waals surface area (Å²) in [4.78, 5) is 33.2. The molecule has 41 heavy (non-hydrogen) atoms. The molecule has 4 aromatic rings. The Balaban J connectivity index is 1.58. The number of nitrogens with one attached hydrogen (secondary N) is 1. The fourth-order valence-corrected chi connectivity index (χ4v) is 6.48. The minimum absolute atomic E-state index is 0.245. The van der Waals surface area contributed by atoms with Gasteiger partial charge in [0.15, 0.2) is 0 Å². The van der Waals surface area contributed by atoms with Crippen molar-refractivity contribution in [3.63, 3.8) is 0 Å². The Morgan fingerprint density at radius 3 is 2.41 bits per heavy atom. The van der Waals surface area contributed by atoms with E-state index in [0.717, 1.165) is 30.9 Å². The number of carbonyl (C=O) groups excluding carboxylic acids is 2. The summed E-state index contributed by atoms with van der Waals surface area (Å²) >= 11 is 0. The zero-order valence-electron chi connectivity index (χ0n) is 23.9. The molecule has 0 bridgehead atoms. The van der Waals surface area contributed by atoms with Crippen molar-refractivity contribution in [1.29, 1.82) is 0 Å². The number of aromatic nitrogens is 3. The predicted molar refractivity (Wildman–Crippen MR) is 162 cm³/mol. The second-order valence-electron chi connectivity index (χ2n) is 9.73. The molecule has 1 N–H and O–H groups in total. The van der Waals surface area contributed by atoms with Crippen molar-refractivity contribution in [3.8, 4) is 11.1 Å². The molecule has 0 fully saturated rings. The largest absolute Gasteiger partial charge is 0.321 e. The molecule has 2 aromatic carbocycles. The summed E-state index contributed by atoms with van der Waals surface area (Å²) in [7, 11) is -1.27. The van der Waals surface area contributed by atoms with Gasteiger partial charge in [-0.15, -0.1) is 0 Å². The first-order valence-electron chi connectivity index (χ1n) is 13.7. The van der Waals surface area contributed by atoms with Gasteiger partial charge in [0, 0.05) is 41.3 Å². The molecular weight excluding hydrogens is 536 g/mol. The van der Waals surface area contributed by atoms with Gasteiger partial charge in [-0.2, -0.15) is 9.46 Å². The molecule has 214 valence electrons. The van der Waals surface area contributed by atoms with Crippen molar-refractivity contribution in [2.24, 2.45) is 11.4 Å². The Morgan fingerprint density at radius 2 is 1.73 bits per heavy atom. The zero-order chi connectivity index (χ0) is 29.4. The highest BCUT2D eigenvalue weighted by molar-refractivity contribution is 7.94. The summed E-state index contributed by atoms with van der Waals surface area (Å²) in [6, 6.07) is 19.7. The molecule has 0 saturated carbocycles. The van der Waals surface area contributed by atoms with Gasteiger partial charge in [0.25, 0.3) is 11.8 Å². The molecule has 0 aliphatic carbocycles. The quantitative estimate of drug-likeness (QED) is 0.256. The number of nitrogens with zero attached hydrogens (tertiary/aromatic N) is 5. The molecule has 0 unspecified atom stereocenters. The maximum atomic E-state index is 14.1. The highest BCUT2D eigenvalue weighted by atomic mass is 32.2. The summed E-state index contributed by atoms with van der Waals surface area (Å²) < 4.78 is 19.9. The Hall–Kier alpha value is -4.15. The first kappa shape index (κ1) is 29.8. The second kappa shape index (κ2) is 13.5. The lowest BCUT2D eigenvalue weighted by Crippen LogP contribution is -2.25. The van der Waals surface area contributed by atoms with Gasteiger partial charge in [-0.25, -0.2) is 4.21 Å². The van der Waals surface area contributed by atoms with Crippen LogP contribution in [0.2, 0.25) is 0 Å². The van der Waals surface area contributed by atoms with Crippen LogP contribution in [0.1, 0.15) is 46.8 Å². The van der Waals surface area contributed by atoms with Gasteiger partial charge in [-0.05, 0) is 74.9 Å². The van der Waals surface area contributed by atoms with E-state index in [1.807, 2.05) is 43.3 Å². The van der Waals surface area contributed by atoms with E-state index >= 15 is 0 Å². The Kier molecular flexibility index (Phi) is 9.80. The fraction of sp³-hybridized carbons (Fsp3) is 0.290. The summed E-state index contributed by atoms with van der Waals surface area (Å²) in [5.41, 5.74) is 3.47. The predicted octanol–water partition coefficient (Wildman–Crippen LogP) is 5.44. The van der Waals surface area contributed by atoms with Gasteiger partial charge in [-0.1, -0.05) is 44.2 Å². The first-order chi connectivity index (χ1) is 19.7. The number of hydrogen-bond donors (Lipinski definition) is 1. The molecule has 0 aliphatic heterocycles. The molecule has 0 saturated heterocycles. The van der Waals surface area contributed by atoms with Crippen LogP contribution in [0, 0.1) is 6.92 Å². The summed E-state index contributed by atoms with van der Waals surface area (Å²) in [6.45, 7) is 8.62. The number of hydrogen-bond acceptors (Lipinski definition) is 6. The van der Waals surface area contributed by atoms with Gasteiger partial charge < -0.3 is 10.2 Å². The van der Waals surface area contributed by atoms with Crippen LogP contribution in [0.25, 0.3) is 11.1 Å². The molecule has 2 aromatic heterocycles. The maximum Gasteiger partial charge on any atom is 0.286 e. The highest BCUT2D eigenvalue weighted by Crippen LogP contribution is 2.24. The van der Waals surface area contributed by atoms with E-state index < -0.39 is 15.6 Å². The van der Waals surface area contributed by atoms with Crippen molar-refractivity contribution < 1.29 is 13.8 Å². The van der Waals surface area contributed by atoms with E-state index in [1.54, 1.807) is 43.6 Å². The van der Waals surface area contributed by atoms with Crippen LogP contribution in [-0.4, -0.2) is 61.1 Å². The van der Waals surface area contributed by atoms with Crippen LogP contribution in [0.15, 0.2) is 88.4 Å². The average molecular weight is 573 g/mol. The van der Waals surface area contributed by atoms with Crippen LogP contribution in [0.5, 0.6) is 0 Å². The van der Waals surface area contributed by atoms with E-state index in [0.29, 0.717) is 28.3 Å². The summed E-state index contributed by atoms with van der Waals surface area (Å²) in [6.07, 6.45) is 3.73. The smallest absolute Gasteiger partial charge is 0.286 e. The lowest BCUT2D eigenvalue weighted by Gasteiger charge is -2.18. The molecule has 10 heteroatoms. The number of carbonyl (C=O) groups is 2. The lowest BCUT2D eigenvalue weighted by molar-refractivity contribution is 0.0999. The molecule has 0 aliphatic rings. The van der Waals surface area contributed by atoms with Crippen LogP contribution < -0.4 is 5.32 Å². The third-order valence-electron chi connectivity index (χ3n) is 6.81. The third kappa shape index (κ3) is 7.53. The third-order valence-corrected chi connectivity index (χ3v) is 9.12. The van der Waals surface area contributed by atoms with Crippen LogP contribution >= 0.6 is 0 Å². The van der Waals surface area contributed by atoms with E-state index in [1.165, 1.54) is 10.9 Å². The number of amides is 2. The molecule has 0 spiro atoms. The molecule has 2 heterocycles. The minimum Gasteiger partial charge on any atom is -0.321 e. The van der Waals surface area contributed by atoms with Gasteiger partial charge in [-0.3, -0.25) is 19.3 Å². The number of aryl methyl sites for hydroxylation is 2. The average Bonchev–Trinajstić information content (AvgIpc) is 3.33. The monoisotopic (exact) mass is 572 g/mol. The molecule has 4 rings (SSSR count). The topological polar surface area (TPSA) is 110 Å². The number of anilines is 1. The first-order valence-corrected chi connectivity index (χ1v) is 15.3. The lowest BCUT2D eigenvalue weighted by atomic mass is 10.1. The van der Waals surface area contributed by atoms with Gasteiger partial charge >= 0.3 is 0 Å². The summed E-state index contributed by atoms with van der Waals surface area (Å²) in [5.74, 6) is -0.570. The SMILES string of the molecule is CCN(CC)CCC[S@@](=O)(=NC(=O)c1cncc(-c2cccc(NC(=O)c3cc(C)nn3C)c2)c1)c1ccccc1. The van der Waals surface area contributed by atoms with Crippen molar-refractivity contribution in [3.05, 3.63) is 96.1 Å². The molecule has 9 nitrogen and oxygen atoms in total. The van der Waals surface area contributed by atoms with Crippen molar-refractivity contribution in [1.82, 2.24) is 19.7 Å². The van der Waals surface area contributed by atoms with Crippen LogP contribution in [0.3, 0.4) is 0 Å². The Labute approximate surface area is 241 Å². The normalized spacial score (nSPS) is 12.6. The van der Waals surface area contributed by atoms with Crippen molar-refractivity contribution in [2.45, 2.75) is 32.1 Å². The zero-order valence-corrected chi connectivity index (χ0v) is 24.7. The van der Waals surface area contributed by atoms with E-state index in [9.17, 15) is 13.8 Å². The standard InChI is InChI=1S/C31H36N6O3S/c1-5-37(6-2)16-11-17-41(40,28-14-8-7-9-15-28)35-30(38)26-19-25(21-32-22-26)24-12-10-13-27(20-24)33-31(39)29-18-23(3)34-36(29)4/h7-10,12-15,18-22H,5-6,11,16-17H2,1-4H3,(H,33,39)/t41-/m0/s1. The van der Waals surface area contributed by atoms with E-state index in [-0.39, 0.29) is 17.2 Å². The highest BCUT2D eigenvalue weighted by Gasteiger charge is 2.18. The molecule has 2 amide bonds. The Bertz CT molecular complexity index is 1640. The van der Waals surface area contributed by atoms with Gasteiger partial charge in [0.2, 0.25) is 0 Å². The van der Waals surface area contributed by atoms with Crippen molar-refractivity contribution in [2.75, 3.05) is 30.7 Å². The number of pyridine rings is 1. The van der Waals surface area contributed by atoms with Crippen LogP contribution in [0.4, 0.5) is 5.69 Å². The number of rotatable bonds is 11. The fourth-order valence-electron chi connectivity index (χ4n) is 4.57. The second-order valence-corrected chi connectivity index (χ2v) is 12.1. The van der Waals surface area contributed by atoms with Crippen LogP contribution in [-0.2, 0) is 16.8 Å². The number of benzene rings is 2.